The number of nitrogens with one attached hydrogen (secondary N) is 2. The lowest BCUT2D eigenvalue weighted by Gasteiger charge is -2.27. The lowest BCUT2D eigenvalue weighted by atomic mass is 9.83. The van der Waals surface area contributed by atoms with Crippen molar-refractivity contribution in [2.45, 2.75) is 45.4 Å². The monoisotopic (exact) mass is 272 g/mol. The summed E-state index contributed by atoms with van der Waals surface area (Å²) in [6.45, 7) is 4.07. The summed E-state index contributed by atoms with van der Waals surface area (Å²) < 4.78 is 0. The van der Waals surface area contributed by atoms with Gasteiger partial charge in [-0.15, -0.1) is 0 Å². The van der Waals surface area contributed by atoms with E-state index in [0.29, 0.717) is 5.41 Å². The summed E-state index contributed by atoms with van der Waals surface area (Å²) >= 11 is 0. The minimum absolute atomic E-state index is 0.0828. The first kappa shape index (κ1) is 13.5. The molecule has 2 N–H and O–H groups in total. The SMILES string of the molecule is CCC1(CNC(=O)c2ccc3c(c2)CCN3)CCCC1. The minimum Gasteiger partial charge on any atom is -0.384 e. The van der Waals surface area contributed by atoms with E-state index in [1.54, 1.807) is 0 Å². The Morgan fingerprint density at radius 3 is 2.90 bits per heavy atom. The highest BCUT2D eigenvalue weighted by atomic mass is 16.1. The van der Waals surface area contributed by atoms with Gasteiger partial charge in [0.15, 0.2) is 0 Å². The zero-order valence-corrected chi connectivity index (χ0v) is 12.3. The van der Waals surface area contributed by atoms with E-state index in [1.807, 2.05) is 18.2 Å². The summed E-state index contributed by atoms with van der Waals surface area (Å²) in [4.78, 5) is 12.3. The van der Waals surface area contributed by atoms with E-state index in [4.69, 9.17) is 0 Å². The molecule has 1 heterocycles. The highest BCUT2D eigenvalue weighted by Gasteiger charge is 2.32. The van der Waals surface area contributed by atoms with Gasteiger partial charge < -0.3 is 10.6 Å². The van der Waals surface area contributed by atoms with Crippen molar-refractivity contribution in [1.29, 1.82) is 0 Å². The fraction of sp³-hybridized carbons (Fsp3) is 0.588. The Morgan fingerprint density at radius 1 is 1.35 bits per heavy atom. The van der Waals surface area contributed by atoms with Crippen LogP contribution in [0.1, 0.15) is 54.9 Å². The number of carbonyl (C=O) groups excluding carboxylic acids is 1. The van der Waals surface area contributed by atoms with Gasteiger partial charge in [0.25, 0.3) is 5.91 Å². The van der Waals surface area contributed by atoms with Crippen LogP contribution in [-0.4, -0.2) is 19.0 Å². The van der Waals surface area contributed by atoms with Crippen LogP contribution in [0.3, 0.4) is 0 Å². The van der Waals surface area contributed by atoms with Gasteiger partial charge in [-0.25, -0.2) is 0 Å². The molecule has 0 spiro atoms. The van der Waals surface area contributed by atoms with Crippen molar-refractivity contribution in [1.82, 2.24) is 5.32 Å². The highest BCUT2D eigenvalue weighted by Crippen LogP contribution is 2.40. The molecule has 1 aromatic rings. The summed E-state index contributed by atoms with van der Waals surface area (Å²) in [5, 5.41) is 6.49. The van der Waals surface area contributed by atoms with E-state index >= 15 is 0 Å². The average molecular weight is 272 g/mol. The molecule has 1 aromatic carbocycles. The van der Waals surface area contributed by atoms with Crippen molar-refractivity contribution in [3.8, 4) is 0 Å². The van der Waals surface area contributed by atoms with Gasteiger partial charge in [-0.2, -0.15) is 0 Å². The second-order valence-electron chi connectivity index (χ2n) is 6.29. The molecule has 1 saturated carbocycles. The third-order valence-electron chi connectivity index (χ3n) is 5.12. The Balaban J connectivity index is 1.64. The first-order chi connectivity index (χ1) is 9.72. The van der Waals surface area contributed by atoms with Crippen LogP contribution in [0.15, 0.2) is 18.2 Å². The van der Waals surface area contributed by atoms with Gasteiger partial charge in [0.1, 0.15) is 0 Å². The van der Waals surface area contributed by atoms with Gasteiger partial charge in [-0.05, 0) is 54.9 Å². The number of benzene rings is 1. The standard InChI is InChI=1S/C17H24N2O/c1-2-17(8-3-4-9-17)12-19-16(20)14-5-6-15-13(11-14)7-10-18-15/h5-6,11,18H,2-4,7-10,12H2,1H3,(H,19,20). The number of hydrogen-bond acceptors (Lipinski definition) is 2. The molecular formula is C17H24N2O. The fourth-order valence-corrected chi connectivity index (χ4v) is 3.60. The maximum absolute atomic E-state index is 12.3. The van der Waals surface area contributed by atoms with Crippen molar-refractivity contribution >= 4 is 11.6 Å². The Hall–Kier alpha value is -1.51. The smallest absolute Gasteiger partial charge is 0.251 e. The molecule has 108 valence electrons. The van der Waals surface area contributed by atoms with Crippen molar-refractivity contribution in [2.24, 2.45) is 5.41 Å². The molecule has 0 atom stereocenters. The minimum atomic E-state index is 0.0828. The average Bonchev–Trinajstić information content (AvgIpc) is 3.13. The van der Waals surface area contributed by atoms with Crippen molar-refractivity contribution in [3.63, 3.8) is 0 Å². The number of fused-ring (bicyclic) bond motifs is 1. The number of carbonyl (C=O) groups is 1. The molecule has 3 rings (SSSR count). The van der Waals surface area contributed by atoms with Crippen LogP contribution >= 0.6 is 0 Å². The summed E-state index contributed by atoms with van der Waals surface area (Å²) in [5.41, 5.74) is 3.61. The largest absolute Gasteiger partial charge is 0.384 e. The predicted molar refractivity (Wildman–Crippen MR) is 82.2 cm³/mol. The summed E-state index contributed by atoms with van der Waals surface area (Å²) in [7, 11) is 0. The summed E-state index contributed by atoms with van der Waals surface area (Å²) in [6.07, 6.45) is 7.34. The van der Waals surface area contributed by atoms with E-state index in [0.717, 1.165) is 25.1 Å². The molecule has 1 aliphatic carbocycles. The molecule has 3 heteroatoms. The van der Waals surface area contributed by atoms with E-state index in [-0.39, 0.29) is 5.91 Å². The topological polar surface area (TPSA) is 41.1 Å². The maximum Gasteiger partial charge on any atom is 0.251 e. The number of hydrogen-bond donors (Lipinski definition) is 2. The quantitative estimate of drug-likeness (QED) is 0.882. The third-order valence-corrected chi connectivity index (χ3v) is 5.12. The molecule has 1 amide bonds. The van der Waals surface area contributed by atoms with Crippen LogP contribution in [0.2, 0.25) is 0 Å². The van der Waals surface area contributed by atoms with Crippen LogP contribution in [0.5, 0.6) is 0 Å². The van der Waals surface area contributed by atoms with Crippen molar-refractivity contribution < 1.29 is 4.79 Å². The number of anilines is 1. The first-order valence-corrected chi connectivity index (χ1v) is 7.87. The molecule has 0 bridgehead atoms. The van der Waals surface area contributed by atoms with Gasteiger partial charge in [0, 0.05) is 24.3 Å². The summed E-state index contributed by atoms with van der Waals surface area (Å²) in [5.74, 6) is 0.0828. The Morgan fingerprint density at radius 2 is 2.15 bits per heavy atom. The number of amides is 1. The number of rotatable bonds is 4. The van der Waals surface area contributed by atoms with Crippen LogP contribution in [-0.2, 0) is 6.42 Å². The maximum atomic E-state index is 12.3. The second-order valence-corrected chi connectivity index (χ2v) is 6.29. The Kier molecular flexibility index (Phi) is 3.68. The van der Waals surface area contributed by atoms with Crippen LogP contribution in [0, 0.1) is 5.41 Å². The van der Waals surface area contributed by atoms with Gasteiger partial charge in [-0.3, -0.25) is 4.79 Å². The van der Waals surface area contributed by atoms with Crippen LogP contribution < -0.4 is 10.6 Å². The van der Waals surface area contributed by atoms with E-state index in [9.17, 15) is 4.79 Å². The zero-order valence-electron chi connectivity index (χ0n) is 12.3. The van der Waals surface area contributed by atoms with Gasteiger partial charge >= 0.3 is 0 Å². The Bertz CT molecular complexity index is 504. The molecule has 1 fully saturated rings. The second kappa shape index (κ2) is 5.47. The van der Waals surface area contributed by atoms with Crippen molar-refractivity contribution in [3.05, 3.63) is 29.3 Å². The van der Waals surface area contributed by atoms with Gasteiger partial charge in [0.05, 0.1) is 0 Å². The molecule has 0 unspecified atom stereocenters. The summed E-state index contributed by atoms with van der Waals surface area (Å²) in [6, 6.07) is 6.00. The lowest BCUT2D eigenvalue weighted by Crippen LogP contribution is -2.35. The lowest BCUT2D eigenvalue weighted by molar-refractivity contribution is 0.0928. The third kappa shape index (κ3) is 2.54. The predicted octanol–water partition coefficient (Wildman–Crippen LogP) is 3.35. The molecule has 20 heavy (non-hydrogen) atoms. The normalized spacial score (nSPS) is 19.4. The van der Waals surface area contributed by atoms with Crippen LogP contribution in [0.4, 0.5) is 5.69 Å². The molecule has 2 aliphatic rings. The molecular weight excluding hydrogens is 248 g/mol. The molecule has 0 radical (unpaired) electrons. The fourth-order valence-electron chi connectivity index (χ4n) is 3.60. The van der Waals surface area contributed by atoms with Crippen molar-refractivity contribution in [2.75, 3.05) is 18.4 Å². The van der Waals surface area contributed by atoms with E-state index in [1.165, 1.54) is 43.4 Å². The van der Waals surface area contributed by atoms with Gasteiger partial charge in [-0.1, -0.05) is 19.8 Å². The highest BCUT2D eigenvalue weighted by molar-refractivity contribution is 5.95. The first-order valence-electron chi connectivity index (χ1n) is 7.87. The molecule has 1 aliphatic heterocycles. The molecule has 3 nitrogen and oxygen atoms in total. The van der Waals surface area contributed by atoms with E-state index < -0.39 is 0 Å². The zero-order chi connectivity index (χ0) is 14.0. The van der Waals surface area contributed by atoms with E-state index in [2.05, 4.69) is 17.6 Å². The van der Waals surface area contributed by atoms with Crippen LogP contribution in [0.25, 0.3) is 0 Å². The molecule has 0 aromatic heterocycles. The molecule has 0 saturated heterocycles. The Labute approximate surface area is 121 Å². The van der Waals surface area contributed by atoms with Gasteiger partial charge in [0.2, 0.25) is 0 Å².